The van der Waals surface area contributed by atoms with Crippen molar-refractivity contribution in [3.05, 3.63) is 71.4 Å². The molecule has 0 fully saturated rings. The molecular formula is C23H26N2O4. The molecule has 3 rings (SSSR count). The molecule has 1 amide bonds. The third-order valence-electron chi connectivity index (χ3n) is 5.15. The van der Waals surface area contributed by atoms with E-state index in [0.717, 1.165) is 34.1 Å². The lowest BCUT2D eigenvalue weighted by Crippen LogP contribution is -2.44. The maximum Gasteiger partial charge on any atom is 0.408 e. The number of amides is 1. The SMILES string of the molecule is CCn1cc(C(C)C(NC(=O)OCc2ccccc2)C(=O)O)c2ccc(C)cc21. The van der Waals surface area contributed by atoms with Crippen molar-refractivity contribution in [1.82, 2.24) is 9.88 Å². The Morgan fingerprint density at radius 1 is 1.17 bits per heavy atom. The van der Waals surface area contributed by atoms with Gasteiger partial charge in [-0.1, -0.05) is 49.4 Å². The molecule has 0 saturated carbocycles. The molecule has 0 aliphatic heterocycles. The van der Waals surface area contributed by atoms with Crippen molar-refractivity contribution >= 4 is 23.0 Å². The number of carbonyl (C=O) groups excluding carboxylic acids is 1. The Hall–Kier alpha value is -3.28. The summed E-state index contributed by atoms with van der Waals surface area (Å²) >= 11 is 0. The van der Waals surface area contributed by atoms with Crippen LogP contribution in [0.4, 0.5) is 4.79 Å². The molecule has 0 saturated heterocycles. The Morgan fingerprint density at radius 3 is 2.55 bits per heavy atom. The number of benzene rings is 2. The van der Waals surface area contributed by atoms with Gasteiger partial charge in [-0.25, -0.2) is 9.59 Å². The van der Waals surface area contributed by atoms with E-state index in [4.69, 9.17) is 4.74 Å². The van der Waals surface area contributed by atoms with Crippen molar-refractivity contribution in [1.29, 1.82) is 0 Å². The van der Waals surface area contributed by atoms with Crippen LogP contribution in [0.15, 0.2) is 54.7 Å². The van der Waals surface area contributed by atoms with Gasteiger partial charge in [0, 0.05) is 29.6 Å². The fourth-order valence-corrected chi connectivity index (χ4v) is 3.53. The Balaban J connectivity index is 1.79. The molecule has 0 aliphatic rings. The van der Waals surface area contributed by atoms with Crippen LogP contribution in [0.25, 0.3) is 10.9 Å². The fourth-order valence-electron chi connectivity index (χ4n) is 3.53. The summed E-state index contributed by atoms with van der Waals surface area (Å²) in [6.45, 7) is 6.74. The number of ether oxygens (including phenoxy) is 1. The maximum atomic E-state index is 12.2. The van der Waals surface area contributed by atoms with Crippen molar-refractivity contribution in [2.24, 2.45) is 0 Å². The van der Waals surface area contributed by atoms with Crippen LogP contribution in [0.5, 0.6) is 0 Å². The maximum absolute atomic E-state index is 12.2. The van der Waals surface area contributed by atoms with E-state index in [1.807, 2.05) is 69.4 Å². The van der Waals surface area contributed by atoms with E-state index in [1.165, 1.54) is 0 Å². The second-order valence-corrected chi connectivity index (χ2v) is 7.20. The van der Waals surface area contributed by atoms with Gasteiger partial charge in [-0.05, 0) is 36.6 Å². The minimum Gasteiger partial charge on any atom is -0.480 e. The summed E-state index contributed by atoms with van der Waals surface area (Å²) in [5, 5.41) is 13.3. The third-order valence-corrected chi connectivity index (χ3v) is 5.15. The Labute approximate surface area is 170 Å². The molecule has 152 valence electrons. The van der Waals surface area contributed by atoms with Crippen LogP contribution in [0.1, 0.15) is 36.5 Å². The minimum absolute atomic E-state index is 0.0851. The Bertz CT molecular complexity index is 1010. The lowest BCUT2D eigenvalue weighted by atomic mass is 9.92. The van der Waals surface area contributed by atoms with Crippen LogP contribution in [0, 0.1) is 6.92 Å². The van der Waals surface area contributed by atoms with Gasteiger partial charge in [0.1, 0.15) is 12.6 Å². The second kappa shape index (κ2) is 8.82. The van der Waals surface area contributed by atoms with Crippen molar-refractivity contribution in [3.8, 4) is 0 Å². The smallest absolute Gasteiger partial charge is 0.408 e. The molecule has 6 heteroatoms. The average molecular weight is 394 g/mol. The zero-order valence-corrected chi connectivity index (χ0v) is 16.9. The number of nitrogens with one attached hydrogen (secondary N) is 1. The van der Waals surface area contributed by atoms with E-state index in [9.17, 15) is 14.7 Å². The topological polar surface area (TPSA) is 80.6 Å². The van der Waals surface area contributed by atoms with Gasteiger partial charge in [0.05, 0.1) is 0 Å². The second-order valence-electron chi connectivity index (χ2n) is 7.20. The van der Waals surface area contributed by atoms with Gasteiger partial charge in [-0.2, -0.15) is 0 Å². The molecule has 0 spiro atoms. The molecule has 2 unspecified atom stereocenters. The number of hydrogen-bond acceptors (Lipinski definition) is 3. The fraction of sp³-hybridized carbons (Fsp3) is 0.304. The number of alkyl carbamates (subject to hydrolysis) is 1. The molecular weight excluding hydrogens is 368 g/mol. The van der Waals surface area contributed by atoms with Crippen molar-refractivity contribution < 1.29 is 19.4 Å². The summed E-state index contributed by atoms with van der Waals surface area (Å²) in [5.41, 5.74) is 3.92. The number of carboxylic acid groups (broad SMARTS) is 1. The molecule has 29 heavy (non-hydrogen) atoms. The molecule has 1 heterocycles. The first kappa shape index (κ1) is 20.5. The van der Waals surface area contributed by atoms with Gasteiger partial charge in [0.2, 0.25) is 0 Å². The van der Waals surface area contributed by atoms with Crippen LogP contribution in [-0.4, -0.2) is 27.8 Å². The Kier molecular flexibility index (Phi) is 6.22. The van der Waals surface area contributed by atoms with Crippen LogP contribution in [0.3, 0.4) is 0 Å². The molecule has 1 aromatic heterocycles. The van der Waals surface area contributed by atoms with Gasteiger partial charge >= 0.3 is 12.1 Å². The highest BCUT2D eigenvalue weighted by molar-refractivity contribution is 5.87. The molecule has 6 nitrogen and oxygen atoms in total. The average Bonchev–Trinajstić information content (AvgIpc) is 3.08. The number of rotatable bonds is 7. The monoisotopic (exact) mass is 394 g/mol. The molecule has 2 atom stereocenters. The lowest BCUT2D eigenvalue weighted by Gasteiger charge is -2.21. The van der Waals surface area contributed by atoms with E-state index >= 15 is 0 Å². The summed E-state index contributed by atoms with van der Waals surface area (Å²) in [6.07, 6.45) is 1.23. The molecule has 2 aromatic carbocycles. The van der Waals surface area contributed by atoms with Gasteiger partial charge in [0.25, 0.3) is 0 Å². The quantitative estimate of drug-likeness (QED) is 0.620. The summed E-state index contributed by atoms with van der Waals surface area (Å²) in [7, 11) is 0. The van der Waals surface area contributed by atoms with Gasteiger partial charge in [0.15, 0.2) is 0 Å². The first-order chi connectivity index (χ1) is 13.9. The molecule has 3 aromatic rings. The first-order valence-electron chi connectivity index (χ1n) is 9.70. The van der Waals surface area contributed by atoms with Crippen molar-refractivity contribution in [3.63, 3.8) is 0 Å². The number of aryl methyl sites for hydroxylation is 2. The van der Waals surface area contributed by atoms with Crippen LogP contribution >= 0.6 is 0 Å². The summed E-state index contributed by atoms with van der Waals surface area (Å²) < 4.78 is 7.30. The highest BCUT2D eigenvalue weighted by Gasteiger charge is 2.30. The number of hydrogen-bond donors (Lipinski definition) is 2. The van der Waals surface area contributed by atoms with Crippen molar-refractivity contribution in [2.45, 2.75) is 45.9 Å². The third kappa shape index (κ3) is 4.59. The minimum atomic E-state index is -1.10. The number of aromatic nitrogens is 1. The highest BCUT2D eigenvalue weighted by Crippen LogP contribution is 2.30. The molecule has 2 N–H and O–H groups in total. The van der Waals surface area contributed by atoms with Gasteiger partial charge in [-0.15, -0.1) is 0 Å². The van der Waals surface area contributed by atoms with Crippen molar-refractivity contribution in [2.75, 3.05) is 0 Å². The van der Waals surface area contributed by atoms with Crippen LogP contribution in [0.2, 0.25) is 0 Å². The molecule has 0 bridgehead atoms. The summed E-state index contributed by atoms with van der Waals surface area (Å²) in [5.74, 6) is -1.53. The zero-order chi connectivity index (χ0) is 21.0. The number of carbonyl (C=O) groups is 2. The summed E-state index contributed by atoms with van der Waals surface area (Å²) in [6, 6.07) is 14.3. The van der Waals surface area contributed by atoms with Gasteiger partial charge < -0.3 is 19.7 Å². The number of carboxylic acids is 1. The van der Waals surface area contributed by atoms with E-state index in [2.05, 4.69) is 16.0 Å². The number of nitrogens with zero attached hydrogens (tertiary/aromatic N) is 1. The first-order valence-corrected chi connectivity index (χ1v) is 9.70. The van der Waals surface area contributed by atoms with E-state index < -0.39 is 24.0 Å². The lowest BCUT2D eigenvalue weighted by molar-refractivity contribution is -0.139. The normalized spacial score (nSPS) is 13.1. The zero-order valence-electron chi connectivity index (χ0n) is 16.9. The molecule has 0 aliphatic carbocycles. The number of aliphatic carboxylic acids is 1. The van der Waals surface area contributed by atoms with Crippen LogP contribution < -0.4 is 5.32 Å². The standard InChI is InChI=1S/C23H26N2O4/c1-4-25-13-19(18-11-10-15(2)12-20(18)25)16(3)21(22(26)27)24-23(28)29-14-17-8-6-5-7-9-17/h5-13,16,21H,4,14H2,1-3H3,(H,24,28)(H,26,27). The van der Waals surface area contributed by atoms with E-state index in [-0.39, 0.29) is 6.61 Å². The summed E-state index contributed by atoms with van der Waals surface area (Å²) in [4.78, 5) is 24.1. The van der Waals surface area contributed by atoms with Crippen LogP contribution in [-0.2, 0) is 22.7 Å². The Morgan fingerprint density at radius 2 is 1.90 bits per heavy atom. The van der Waals surface area contributed by atoms with E-state index in [0.29, 0.717) is 0 Å². The molecule has 0 radical (unpaired) electrons. The highest BCUT2D eigenvalue weighted by atomic mass is 16.5. The number of fused-ring (bicyclic) bond motifs is 1. The predicted octanol–water partition coefficient (Wildman–Crippen LogP) is 4.45. The van der Waals surface area contributed by atoms with E-state index in [1.54, 1.807) is 0 Å². The largest absolute Gasteiger partial charge is 0.480 e. The predicted molar refractivity (Wildman–Crippen MR) is 112 cm³/mol. The van der Waals surface area contributed by atoms with Gasteiger partial charge in [-0.3, -0.25) is 0 Å².